The second-order valence-corrected chi connectivity index (χ2v) is 4.37. The summed E-state index contributed by atoms with van der Waals surface area (Å²) in [6.07, 6.45) is 2.78. The Kier molecular flexibility index (Phi) is 3.98. The fraction of sp³-hybridized carbons (Fsp3) is 0.267. The Balaban J connectivity index is 2.20. The minimum Gasteiger partial charge on any atom is -0.463 e. The summed E-state index contributed by atoms with van der Waals surface area (Å²) in [5, 5.41) is 0. The highest BCUT2D eigenvalue weighted by Crippen LogP contribution is 2.31. The SMILES string of the molecule is CCOC(=O)/C=C/CN1C(=O)C(=O)c2cccc(C)c21. The third-order valence-corrected chi connectivity index (χ3v) is 3.02. The molecule has 5 nitrogen and oxygen atoms in total. The van der Waals surface area contributed by atoms with E-state index >= 15 is 0 Å². The number of ketones is 1. The van der Waals surface area contributed by atoms with Gasteiger partial charge >= 0.3 is 5.97 Å². The summed E-state index contributed by atoms with van der Waals surface area (Å²) >= 11 is 0. The number of benzene rings is 1. The second-order valence-electron chi connectivity index (χ2n) is 4.37. The Hall–Kier alpha value is -2.43. The van der Waals surface area contributed by atoms with Crippen molar-refractivity contribution < 1.29 is 19.1 Å². The van der Waals surface area contributed by atoms with Crippen LogP contribution in [0.5, 0.6) is 0 Å². The van der Waals surface area contributed by atoms with Crippen molar-refractivity contribution in [2.75, 3.05) is 18.1 Å². The van der Waals surface area contributed by atoms with E-state index in [0.29, 0.717) is 17.9 Å². The van der Waals surface area contributed by atoms with E-state index in [1.807, 2.05) is 13.0 Å². The molecular weight excluding hydrogens is 258 g/mol. The monoisotopic (exact) mass is 273 g/mol. The molecule has 0 aromatic heterocycles. The van der Waals surface area contributed by atoms with Gasteiger partial charge in [0.15, 0.2) is 0 Å². The average molecular weight is 273 g/mol. The van der Waals surface area contributed by atoms with Crippen LogP contribution in [0.25, 0.3) is 0 Å². The number of hydrogen-bond acceptors (Lipinski definition) is 4. The first-order chi connectivity index (χ1) is 9.56. The minimum atomic E-state index is -0.567. The molecule has 0 radical (unpaired) electrons. The molecule has 1 heterocycles. The predicted molar refractivity (Wildman–Crippen MR) is 73.6 cm³/mol. The molecule has 1 aromatic rings. The first kappa shape index (κ1) is 14.0. The normalized spacial score (nSPS) is 14.0. The van der Waals surface area contributed by atoms with Gasteiger partial charge in [0.25, 0.3) is 11.7 Å². The number of rotatable bonds is 4. The van der Waals surface area contributed by atoms with Gasteiger partial charge in [0.1, 0.15) is 0 Å². The first-order valence-electron chi connectivity index (χ1n) is 6.35. The first-order valence-corrected chi connectivity index (χ1v) is 6.35. The number of nitrogens with zero attached hydrogens (tertiary/aromatic N) is 1. The number of aryl methyl sites for hydroxylation is 1. The third-order valence-electron chi connectivity index (χ3n) is 3.02. The van der Waals surface area contributed by atoms with Crippen LogP contribution in [0, 0.1) is 6.92 Å². The molecule has 0 atom stereocenters. The number of fused-ring (bicyclic) bond motifs is 1. The van der Waals surface area contributed by atoms with Crippen LogP contribution in [0.2, 0.25) is 0 Å². The van der Waals surface area contributed by atoms with Crippen molar-refractivity contribution in [3.05, 3.63) is 41.5 Å². The van der Waals surface area contributed by atoms with Gasteiger partial charge in [-0.05, 0) is 25.5 Å². The van der Waals surface area contributed by atoms with Gasteiger partial charge < -0.3 is 9.64 Å². The van der Waals surface area contributed by atoms with Crippen LogP contribution < -0.4 is 4.90 Å². The lowest BCUT2D eigenvalue weighted by Crippen LogP contribution is -2.30. The number of carbonyl (C=O) groups excluding carboxylic acids is 3. The molecule has 0 spiro atoms. The lowest BCUT2D eigenvalue weighted by molar-refractivity contribution is -0.137. The Bertz CT molecular complexity index is 604. The molecule has 20 heavy (non-hydrogen) atoms. The molecule has 0 saturated heterocycles. The van der Waals surface area contributed by atoms with E-state index in [1.54, 1.807) is 19.1 Å². The molecule has 104 valence electrons. The van der Waals surface area contributed by atoms with Gasteiger partial charge in [-0.1, -0.05) is 18.2 Å². The summed E-state index contributed by atoms with van der Waals surface area (Å²) in [6.45, 7) is 4.02. The molecule has 1 aliphatic heterocycles. The molecule has 1 amide bonds. The number of para-hydroxylation sites is 1. The van der Waals surface area contributed by atoms with Gasteiger partial charge in [-0.25, -0.2) is 4.79 Å². The molecule has 1 aromatic carbocycles. The van der Waals surface area contributed by atoms with Gasteiger partial charge in [-0.15, -0.1) is 0 Å². The molecule has 0 bridgehead atoms. The van der Waals surface area contributed by atoms with Crippen molar-refractivity contribution >= 4 is 23.3 Å². The lowest BCUT2D eigenvalue weighted by Gasteiger charge is -2.16. The number of carbonyl (C=O) groups is 3. The number of esters is 1. The summed E-state index contributed by atoms with van der Waals surface area (Å²) < 4.78 is 4.75. The molecular formula is C15H15NO4. The fourth-order valence-corrected chi connectivity index (χ4v) is 2.16. The smallest absolute Gasteiger partial charge is 0.330 e. The molecule has 0 fully saturated rings. The summed E-state index contributed by atoms with van der Waals surface area (Å²) in [6, 6.07) is 5.22. The van der Waals surface area contributed by atoms with Crippen LogP contribution in [0.15, 0.2) is 30.4 Å². The van der Waals surface area contributed by atoms with E-state index in [2.05, 4.69) is 0 Å². The van der Waals surface area contributed by atoms with Crippen molar-refractivity contribution in [1.82, 2.24) is 0 Å². The van der Waals surface area contributed by atoms with E-state index in [4.69, 9.17) is 4.74 Å². The number of Topliss-reactive ketones (excluding diaryl/α,β-unsaturated/α-hetero) is 1. The van der Waals surface area contributed by atoms with Gasteiger partial charge in [-0.3, -0.25) is 9.59 Å². The van der Waals surface area contributed by atoms with Crippen molar-refractivity contribution in [2.45, 2.75) is 13.8 Å². The van der Waals surface area contributed by atoms with Crippen molar-refractivity contribution in [1.29, 1.82) is 0 Å². The molecule has 0 aliphatic carbocycles. The van der Waals surface area contributed by atoms with E-state index in [-0.39, 0.29) is 6.54 Å². The molecule has 1 aliphatic rings. The topological polar surface area (TPSA) is 63.7 Å². The van der Waals surface area contributed by atoms with Crippen LogP contribution in [0.3, 0.4) is 0 Å². The minimum absolute atomic E-state index is 0.168. The second kappa shape index (κ2) is 5.69. The molecule has 5 heteroatoms. The zero-order valence-corrected chi connectivity index (χ0v) is 11.4. The summed E-state index contributed by atoms with van der Waals surface area (Å²) in [7, 11) is 0. The molecule has 2 rings (SSSR count). The Morgan fingerprint density at radius 2 is 2.10 bits per heavy atom. The Labute approximate surface area is 116 Å². The summed E-state index contributed by atoms with van der Waals surface area (Å²) in [5.74, 6) is -1.54. The molecule has 0 saturated carbocycles. The van der Waals surface area contributed by atoms with Crippen LogP contribution in [-0.2, 0) is 14.3 Å². The van der Waals surface area contributed by atoms with E-state index in [0.717, 1.165) is 5.56 Å². The summed E-state index contributed by atoms with van der Waals surface area (Å²) in [5.41, 5.74) is 1.89. The third kappa shape index (κ3) is 2.47. The maximum absolute atomic E-state index is 11.9. The van der Waals surface area contributed by atoms with E-state index < -0.39 is 17.7 Å². The highest BCUT2D eigenvalue weighted by molar-refractivity contribution is 6.52. The van der Waals surface area contributed by atoms with Crippen molar-refractivity contribution in [2.24, 2.45) is 0 Å². The number of anilines is 1. The van der Waals surface area contributed by atoms with E-state index in [9.17, 15) is 14.4 Å². The maximum Gasteiger partial charge on any atom is 0.330 e. The van der Waals surface area contributed by atoms with Crippen molar-refractivity contribution in [3.63, 3.8) is 0 Å². The van der Waals surface area contributed by atoms with Gasteiger partial charge in [0, 0.05) is 12.6 Å². The zero-order valence-electron chi connectivity index (χ0n) is 11.4. The molecule has 0 unspecified atom stereocenters. The van der Waals surface area contributed by atoms with Crippen LogP contribution in [0.1, 0.15) is 22.8 Å². The van der Waals surface area contributed by atoms with Gasteiger partial charge in [-0.2, -0.15) is 0 Å². The van der Waals surface area contributed by atoms with Crippen molar-refractivity contribution in [3.8, 4) is 0 Å². The highest BCUT2D eigenvalue weighted by Gasteiger charge is 2.35. The zero-order chi connectivity index (χ0) is 14.7. The van der Waals surface area contributed by atoms with Gasteiger partial charge in [0.2, 0.25) is 0 Å². The quantitative estimate of drug-likeness (QED) is 0.475. The Morgan fingerprint density at radius 1 is 1.35 bits per heavy atom. The summed E-state index contributed by atoms with van der Waals surface area (Å²) in [4.78, 5) is 36.4. The van der Waals surface area contributed by atoms with Crippen LogP contribution in [0.4, 0.5) is 5.69 Å². The van der Waals surface area contributed by atoms with E-state index in [1.165, 1.54) is 17.1 Å². The molecule has 0 N–H and O–H groups in total. The van der Waals surface area contributed by atoms with Gasteiger partial charge in [0.05, 0.1) is 17.9 Å². The standard InChI is InChI=1S/C15H15NO4/c1-3-20-12(17)8-5-9-16-13-10(2)6-4-7-11(13)14(18)15(16)19/h4-8H,3,9H2,1-2H3/b8-5+. The predicted octanol–water partition coefficient (Wildman–Crippen LogP) is 1.64. The largest absolute Gasteiger partial charge is 0.463 e. The lowest BCUT2D eigenvalue weighted by atomic mass is 10.1. The van der Waals surface area contributed by atoms with Crippen LogP contribution >= 0.6 is 0 Å². The average Bonchev–Trinajstić information content (AvgIpc) is 2.66. The number of amides is 1. The number of hydrogen-bond donors (Lipinski definition) is 0. The highest BCUT2D eigenvalue weighted by atomic mass is 16.5. The Morgan fingerprint density at radius 3 is 2.80 bits per heavy atom. The van der Waals surface area contributed by atoms with Crippen LogP contribution in [-0.4, -0.2) is 30.8 Å². The number of ether oxygens (including phenoxy) is 1. The maximum atomic E-state index is 11.9. The fourth-order valence-electron chi connectivity index (χ4n) is 2.16.